The molecule has 1 aromatic heterocycles. The zero-order valence-electron chi connectivity index (χ0n) is 16.5. The fraction of sp³-hybridized carbons (Fsp3) is 0.160. The van der Waals surface area contributed by atoms with Crippen LogP contribution in [0, 0.1) is 0 Å². The van der Waals surface area contributed by atoms with Crippen LogP contribution in [0.15, 0.2) is 80.8 Å². The molecule has 3 aromatic carbocycles. The van der Waals surface area contributed by atoms with Gasteiger partial charge in [0.15, 0.2) is 9.84 Å². The Labute approximate surface area is 174 Å². The molecule has 1 aliphatic carbocycles. The molecule has 1 aliphatic rings. The van der Waals surface area contributed by atoms with Crippen molar-refractivity contribution in [2.24, 2.45) is 0 Å². The maximum absolute atomic E-state index is 13.5. The van der Waals surface area contributed by atoms with E-state index in [0.717, 1.165) is 24.8 Å². The second-order valence-corrected chi connectivity index (χ2v) is 9.78. The second kappa shape index (κ2) is 6.96. The van der Waals surface area contributed by atoms with E-state index in [1.807, 2.05) is 18.2 Å². The minimum Gasteiger partial charge on any atom is -0.455 e. The smallest absolute Gasteiger partial charge is 0.201 e. The molecule has 0 aliphatic heterocycles. The molecule has 0 saturated heterocycles. The molecular formula is C25H20O4S. The highest BCUT2D eigenvalue weighted by atomic mass is 32.2. The number of benzene rings is 3. The van der Waals surface area contributed by atoms with Crippen LogP contribution in [-0.2, 0) is 22.7 Å². The van der Waals surface area contributed by atoms with Crippen molar-refractivity contribution in [1.29, 1.82) is 0 Å². The van der Waals surface area contributed by atoms with Gasteiger partial charge in [0.1, 0.15) is 11.3 Å². The van der Waals surface area contributed by atoms with E-state index in [1.165, 1.54) is 17.4 Å². The van der Waals surface area contributed by atoms with E-state index in [-0.39, 0.29) is 10.3 Å². The van der Waals surface area contributed by atoms with Crippen LogP contribution in [0.25, 0.3) is 33.4 Å². The maximum atomic E-state index is 13.5. The lowest BCUT2D eigenvalue weighted by Gasteiger charge is -2.12. The fourth-order valence-corrected chi connectivity index (χ4v) is 4.82. The van der Waals surface area contributed by atoms with E-state index in [9.17, 15) is 13.2 Å². The zero-order chi connectivity index (χ0) is 20.9. The lowest BCUT2D eigenvalue weighted by Crippen LogP contribution is -2.08. The number of hydrogen-bond acceptors (Lipinski definition) is 4. The number of fused-ring (bicyclic) bond motifs is 2. The van der Waals surface area contributed by atoms with Crippen LogP contribution in [0.5, 0.6) is 0 Å². The van der Waals surface area contributed by atoms with Crippen LogP contribution in [0.3, 0.4) is 0 Å². The van der Waals surface area contributed by atoms with E-state index in [2.05, 4.69) is 12.1 Å². The number of sulfone groups is 1. The zero-order valence-corrected chi connectivity index (χ0v) is 17.3. The van der Waals surface area contributed by atoms with Crippen molar-refractivity contribution < 1.29 is 12.8 Å². The Morgan fingerprint density at radius 3 is 2.30 bits per heavy atom. The molecule has 0 fully saturated rings. The normalized spacial score (nSPS) is 13.5. The molecule has 0 radical (unpaired) electrons. The van der Waals surface area contributed by atoms with Crippen molar-refractivity contribution in [2.75, 3.05) is 6.26 Å². The lowest BCUT2D eigenvalue weighted by molar-refractivity contribution is 0.601. The van der Waals surface area contributed by atoms with Gasteiger partial charge in [0, 0.05) is 11.8 Å². The molecule has 150 valence electrons. The molecule has 4 aromatic rings. The summed E-state index contributed by atoms with van der Waals surface area (Å²) in [4.78, 5) is 13.7. The van der Waals surface area contributed by atoms with E-state index in [0.29, 0.717) is 27.9 Å². The van der Waals surface area contributed by atoms with Gasteiger partial charge in [-0.3, -0.25) is 4.79 Å². The minimum atomic E-state index is -3.31. The summed E-state index contributed by atoms with van der Waals surface area (Å²) in [5.41, 5.74) is 5.04. The van der Waals surface area contributed by atoms with E-state index in [4.69, 9.17) is 4.42 Å². The van der Waals surface area contributed by atoms with E-state index in [1.54, 1.807) is 36.4 Å². The molecule has 4 nitrogen and oxygen atoms in total. The highest BCUT2D eigenvalue weighted by molar-refractivity contribution is 7.90. The van der Waals surface area contributed by atoms with Crippen molar-refractivity contribution >= 4 is 20.8 Å². The Morgan fingerprint density at radius 1 is 0.833 bits per heavy atom. The van der Waals surface area contributed by atoms with Crippen LogP contribution in [-0.4, -0.2) is 14.7 Å². The summed E-state index contributed by atoms with van der Waals surface area (Å²) >= 11 is 0. The average molecular weight is 416 g/mol. The van der Waals surface area contributed by atoms with Crippen molar-refractivity contribution in [3.63, 3.8) is 0 Å². The largest absolute Gasteiger partial charge is 0.455 e. The Morgan fingerprint density at radius 2 is 1.53 bits per heavy atom. The summed E-state index contributed by atoms with van der Waals surface area (Å²) in [7, 11) is -3.31. The van der Waals surface area contributed by atoms with Crippen LogP contribution in [0.4, 0.5) is 0 Å². The maximum Gasteiger partial charge on any atom is 0.201 e. The van der Waals surface area contributed by atoms with Gasteiger partial charge >= 0.3 is 0 Å². The first kappa shape index (κ1) is 18.8. The first-order valence-corrected chi connectivity index (χ1v) is 11.8. The van der Waals surface area contributed by atoms with Gasteiger partial charge in [0.25, 0.3) is 0 Å². The third kappa shape index (κ3) is 3.15. The quantitative estimate of drug-likeness (QED) is 0.470. The molecular weight excluding hydrogens is 396 g/mol. The van der Waals surface area contributed by atoms with Gasteiger partial charge in [-0.15, -0.1) is 0 Å². The predicted octanol–water partition coefficient (Wildman–Crippen LogP) is 5.02. The Bertz CT molecular complexity index is 1450. The molecule has 0 saturated carbocycles. The Balaban J connectivity index is 1.79. The molecule has 0 unspecified atom stereocenters. The molecule has 0 bridgehead atoms. The molecule has 0 atom stereocenters. The van der Waals surface area contributed by atoms with Gasteiger partial charge in [-0.2, -0.15) is 0 Å². The van der Waals surface area contributed by atoms with Crippen molar-refractivity contribution in [1.82, 2.24) is 0 Å². The molecule has 1 heterocycles. The summed E-state index contributed by atoms with van der Waals surface area (Å²) in [5, 5.41) is 0.532. The van der Waals surface area contributed by atoms with Gasteiger partial charge in [-0.25, -0.2) is 8.42 Å². The first-order chi connectivity index (χ1) is 14.4. The monoisotopic (exact) mass is 416 g/mol. The minimum absolute atomic E-state index is 0.0861. The van der Waals surface area contributed by atoms with Gasteiger partial charge in [-0.05, 0) is 72.4 Å². The van der Waals surface area contributed by atoms with Crippen molar-refractivity contribution in [3.8, 4) is 22.5 Å². The average Bonchev–Trinajstić information content (AvgIpc) is 3.21. The lowest BCUT2D eigenvalue weighted by atomic mass is 9.96. The van der Waals surface area contributed by atoms with E-state index >= 15 is 0 Å². The van der Waals surface area contributed by atoms with Crippen LogP contribution >= 0.6 is 0 Å². The van der Waals surface area contributed by atoms with Crippen molar-refractivity contribution in [3.05, 3.63) is 88.1 Å². The molecule has 0 spiro atoms. The first-order valence-electron chi connectivity index (χ1n) is 9.90. The number of rotatable bonds is 3. The van der Waals surface area contributed by atoms with Crippen LogP contribution < -0.4 is 5.43 Å². The summed E-state index contributed by atoms with van der Waals surface area (Å²) < 4.78 is 29.9. The highest BCUT2D eigenvalue weighted by Gasteiger charge is 2.20. The SMILES string of the molecule is CS(=O)(=O)c1ccc(-c2oc3ccccc3c(=O)c2-c2ccc3c(c2)CCC3)cc1. The summed E-state index contributed by atoms with van der Waals surface area (Å²) in [5.74, 6) is 0.455. The Hall–Kier alpha value is -3.18. The molecule has 5 rings (SSSR count). The van der Waals surface area contributed by atoms with E-state index < -0.39 is 9.84 Å². The van der Waals surface area contributed by atoms with Crippen LogP contribution in [0.2, 0.25) is 0 Å². The van der Waals surface area contributed by atoms with Gasteiger partial charge < -0.3 is 4.42 Å². The Kier molecular flexibility index (Phi) is 4.36. The molecule has 5 heteroatoms. The third-order valence-corrected chi connectivity index (χ3v) is 6.86. The highest BCUT2D eigenvalue weighted by Crippen LogP contribution is 2.35. The van der Waals surface area contributed by atoms with Gasteiger partial charge in [-0.1, -0.05) is 30.3 Å². The number of aryl methyl sites for hydroxylation is 2. The number of hydrogen-bond donors (Lipinski definition) is 0. The van der Waals surface area contributed by atoms with Crippen molar-refractivity contribution in [2.45, 2.75) is 24.2 Å². The predicted molar refractivity (Wildman–Crippen MR) is 118 cm³/mol. The van der Waals surface area contributed by atoms with Gasteiger partial charge in [0.2, 0.25) is 5.43 Å². The summed E-state index contributed by atoms with van der Waals surface area (Å²) in [6, 6.07) is 19.9. The molecule has 0 amide bonds. The fourth-order valence-electron chi connectivity index (χ4n) is 4.19. The number of para-hydroxylation sites is 1. The van der Waals surface area contributed by atoms with Gasteiger partial charge in [0.05, 0.1) is 15.8 Å². The second-order valence-electron chi connectivity index (χ2n) is 7.77. The standard InChI is InChI=1S/C25H20O4S/c1-30(27,28)20-13-11-17(12-14-20)25-23(19-10-9-16-5-4-6-18(16)15-19)24(26)21-7-2-3-8-22(21)29-25/h2-3,7-15H,4-6H2,1H3. The topological polar surface area (TPSA) is 64.3 Å². The summed E-state index contributed by atoms with van der Waals surface area (Å²) in [6.45, 7) is 0. The molecule has 0 N–H and O–H groups in total. The summed E-state index contributed by atoms with van der Waals surface area (Å²) in [6.07, 6.45) is 4.39. The third-order valence-electron chi connectivity index (χ3n) is 5.73. The molecule has 30 heavy (non-hydrogen) atoms. The van der Waals surface area contributed by atoms with Crippen LogP contribution in [0.1, 0.15) is 17.5 Å².